The molecule has 0 fully saturated rings. The van der Waals surface area contributed by atoms with Crippen LogP contribution in [0.5, 0.6) is 0 Å². The van der Waals surface area contributed by atoms with Gasteiger partial charge < -0.3 is 0 Å². The van der Waals surface area contributed by atoms with E-state index in [1.54, 1.807) is 22.6 Å². The molecule has 0 N–H and O–H groups in total. The minimum Gasteiger partial charge on any atom is -0.298 e. The van der Waals surface area contributed by atoms with Crippen LogP contribution in [0.2, 0.25) is 0 Å². The highest BCUT2D eigenvalue weighted by molar-refractivity contribution is 14.1. The zero-order valence-electron chi connectivity index (χ0n) is 6.81. The number of alkyl halides is 3. The third kappa shape index (κ3) is 2.20. The number of halogens is 4. The van der Waals surface area contributed by atoms with E-state index < -0.39 is 6.43 Å². The number of hydrogen-bond donors (Lipinski definition) is 0. The van der Waals surface area contributed by atoms with Crippen molar-refractivity contribution in [3.05, 3.63) is 26.6 Å². The van der Waals surface area contributed by atoms with Gasteiger partial charge in [-0.05, 0) is 22.6 Å². The topological polar surface area (TPSA) is 30.0 Å². The van der Waals surface area contributed by atoms with Crippen LogP contribution in [-0.4, -0.2) is 11.3 Å². The molecule has 76 valence electrons. The van der Waals surface area contributed by atoms with Crippen molar-refractivity contribution in [2.45, 2.75) is 12.3 Å². The minimum atomic E-state index is -2.69. The van der Waals surface area contributed by atoms with Crippen LogP contribution in [-0.2, 0) is 5.88 Å². The smallest absolute Gasteiger partial charge is 0.265 e. The Morgan fingerprint density at radius 1 is 1.64 bits per heavy atom. The first kappa shape index (κ1) is 11.8. The van der Waals surface area contributed by atoms with Crippen molar-refractivity contribution in [1.29, 1.82) is 0 Å². The summed E-state index contributed by atoms with van der Waals surface area (Å²) in [5.74, 6) is 0.0527. The second-order valence-corrected chi connectivity index (χ2v) is 3.79. The quantitative estimate of drug-likeness (QED) is 0.484. The van der Waals surface area contributed by atoms with Crippen LogP contribution >= 0.6 is 34.2 Å². The number of aromatic nitrogens is 1. The van der Waals surface area contributed by atoms with Gasteiger partial charge >= 0.3 is 0 Å². The first-order valence-electron chi connectivity index (χ1n) is 3.58. The second-order valence-electron chi connectivity index (χ2n) is 2.44. The zero-order valence-corrected chi connectivity index (χ0v) is 9.72. The summed E-state index contributed by atoms with van der Waals surface area (Å²) in [4.78, 5) is 14.3. The Labute approximate surface area is 97.8 Å². The Hall–Kier alpha value is -0.300. The van der Waals surface area contributed by atoms with Crippen molar-refractivity contribution in [3.63, 3.8) is 0 Å². The third-order valence-electron chi connectivity index (χ3n) is 1.63. The van der Waals surface area contributed by atoms with E-state index in [1.165, 1.54) is 0 Å². The van der Waals surface area contributed by atoms with Gasteiger partial charge in [-0.1, -0.05) is 0 Å². The zero-order chi connectivity index (χ0) is 10.7. The fraction of sp³-hybridized carbons (Fsp3) is 0.250. The predicted molar refractivity (Wildman–Crippen MR) is 56.9 cm³/mol. The van der Waals surface area contributed by atoms with E-state index in [4.69, 9.17) is 11.6 Å². The van der Waals surface area contributed by atoms with Crippen LogP contribution in [0.1, 0.15) is 28.0 Å². The number of pyridine rings is 1. The Balaban J connectivity index is 3.38. The molecule has 14 heavy (non-hydrogen) atoms. The molecular formula is C8H5ClF2INO. The van der Waals surface area contributed by atoms with Crippen molar-refractivity contribution >= 4 is 40.5 Å². The van der Waals surface area contributed by atoms with Crippen molar-refractivity contribution in [2.75, 3.05) is 0 Å². The van der Waals surface area contributed by atoms with E-state index in [0.717, 1.165) is 6.20 Å². The third-order valence-corrected chi connectivity index (χ3v) is 3.09. The van der Waals surface area contributed by atoms with Crippen LogP contribution in [0.3, 0.4) is 0 Å². The van der Waals surface area contributed by atoms with Gasteiger partial charge in [0.2, 0.25) is 0 Å². The van der Waals surface area contributed by atoms with Crippen LogP contribution < -0.4 is 0 Å². The molecule has 0 spiro atoms. The van der Waals surface area contributed by atoms with Crippen LogP contribution in [0.4, 0.5) is 8.78 Å². The molecule has 6 heteroatoms. The molecule has 0 bridgehead atoms. The lowest BCUT2D eigenvalue weighted by molar-refractivity contribution is 0.110. The standard InChI is InChI=1S/C8H5ClF2INO/c9-1-5-7(12)6(8(10)11)4(3-14)2-13-5/h2-3,8H,1H2. The maximum Gasteiger partial charge on any atom is 0.265 e. The molecule has 1 aromatic rings. The molecule has 1 aromatic heterocycles. The number of carbonyl (C=O) groups excluding carboxylic acids is 1. The van der Waals surface area contributed by atoms with Gasteiger partial charge in [-0.25, -0.2) is 8.78 Å². The van der Waals surface area contributed by atoms with Crippen molar-refractivity contribution in [3.8, 4) is 0 Å². The summed E-state index contributed by atoms with van der Waals surface area (Å²) in [6, 6.07) is 0. The highest BCUT2D eigenvalue weighted by atomic mass is 127. The van der Waals surface area contributed by atoms with E-state index in [2.05, 4.69) is 4.98 Å². The van der Waals surface area contributed by atoms with Gasteiger partial charge in [0.1, 0.15) is 0 Å². The molecule has 1 rings (SSSR count). The predicted octanol–water partition coefficient (Wildman–Crippen LogP) is 3.18. The lowest BCUT2D eigenvalue weighted by Crippen LogP contribution is -2.03. The van der Waals surface area contributed by atoms with Gasteiger partial charge in [0.15, 0.2) is 6.29 Å². The summed E-state index contributed by atoms with van der Waals surface area (Å²) in [6.07, 6.45) is -1.20. The lowest BCUT2D eigenvalue weighted by Gasteiger charge is -2.08. The van der Waals surface area contributed by atoms with Gasteiger partial charge in [-0.3, -0.25) is 9.78 Å². The summed E-state index contributed by atoms with van der Waals surface area (Å²) in [6.45, 7) is 0. The summed E-state index contributed by atoms with van der Waals surface area (Å²) in [5.41, 5.74) is -0.00215. The highest BCUT2D eigenvalue weighted by Crippen LogP contribution is 2.29. The van der Waals surface area contributed by atoms with Crippen molar-refractivity contribution in [1.82, 2.24) is 4.98 Å². The van der Waals surface area contributed by atoms with Crippen LogP contribution in [0, 0.1) is 3.57 Å². The van der Waals surface area contributed by atoms with E-state index in [-0.39, 0.29) is 20.6 Å². The lowest BCUT2D eigenvalue weighted by atomic mass is 10.1. The number of aldehydes is 1. The molecule has 0 aromatic carbocycles. The van der Waals surface area contributed by atoms with Crippen molar-refractivity contribution in [2.24, 2.45) is 0 Å². The molecule has 0 unspecified atom stereocenters. The maximum atomic E-state index is 12.6. The van der Waals surface area contributed by atoms with E-state index >= 15 is 0 Å². The largest absolute Gasteiger partial charge is 0.298 e. The molecule has 0 saturated carbocycles. The molecule has 0 aliphatic rings. The normalized spacial score (nSPS) is 10.6. The average molecular weight is 331 g/mol. The van der Waals surface area contributed by atoms with E-state index in [0.29, 0.717) is 12.0 Å². The van der Waals surface area contributed by atoms with Crippen LogP contribution in [0.15, 0.2) is 6.20 Å². The monoisotopic (exact) mass is 331 g/mol. The Kier molecular flexibility index (Phi) is 4.18. The summed E-state index contributed by atoms with van der Waals surface area (Å²) < 4.78 is 25.4. The van der Waals surface area contributed by atoms with Crippen LogP contribution in [0.25, 0.3) is 0 Å². The fourth-order valence-corrected chi connectivity index (χ4v) is 2.27. The van der Waals surface area contributed by atoms with E-state index in [1.807, 2.05) is 0 Å². The first-order chi connectivity index (χ1) is 6.61. The van der Waals surface area contributed by atoms with E-state index in [9.17, 15) is 13.6 Å². The summed E-state index contributed by atoms with van der Waals surface area (Å²) >= 11 is 7.22. The molecular weight excluding hydrogens is 326 g/mol. The number of rotatable bonds is 3. The van der Waals surface area contributed by atoms with Gasteiger partial charge in [0.05, 0.1) is 11.6 Å². The summed E-state index contributed by atoms with van der Waals surface area (Å²) in [7, 11) is 0. The molecule has 0 saturated heterocycles. The Morgan fingerprint density at radius 2 is 2.29 bits per heavy atom. The SMILES string of the molecule is O=Cc1cnc(CCl)c(I)c1C(F)F. The maximum absolute atomic E-state index is 12.6. The molecule has 0 aliphatic carbocycles. The fourth-order valence-electron chi connectivity index (χ4n) is 0.965. The first-order valence-corrected chi connectivity index (χ1v) is 5.19. The molecule has 1 heterocycles. The number of hydrogen-bond acceptors (Lipinski definition) is 2. The minimum absolute atomic E-state index is 0.0527. The molecule has 0 radical (unpaired) electrons. The number of carbonyl (C=O) groups is 1. The number of nitrogens with zero attached hydrogens (tertiary/aromatic N) is 1. The molecule has 0 aliphatic heterocycles. The Bertz CT molecular complexity index is 359. The Morgan fingerprint density at radius 3 is 2.71 bits per heavy atom. The van der Waals surface area contributed by atoms with Gasteiger partial charge in [0, 0.05) is 20.9 Å². The second kappa shape index (κ2) is 4.97. The molecule has 0 atom stereocenters. The average Bonchev–Trinajstić information content (AvgIpc) is 2.16. The summed E-state index contributed by atoms with van der Waals surface area (Å²) in [5, 5.41) is 0. The highest BCUT2D eigenvalue weighted by Gasteiger charge is 2.19. The van der Waals surface area contributed by atoms with Crippen molar-refractivity contribution < 1.29 is 13.6 Å². The molecule has 2 nitrogen and oxygen atoms in total. The van der Waals surface area contributed by atoms with Gasteiger partial charge in [-0.2, -0.15) is 0 Å². The van der Waals surface area contributed by atoms with Gasteiger partial charge in [0.25, 0.3) is 6.43 Å². The van der Waals surface area contributed by atoms with Gasteiger partial charge in [-0.15, -0.1) is 11.6 Å². The molecule has 0 amide bonds.